The zero-order valence-corrected chi connectivity index (χ0v) is 21.5. The monoisotopic (exact) mass is 491 g/mol. The van der Waals surface area contributed by atoms with Gasteiger partial charge in [0.2, 0.25) is 0 Å². The highest BCUT2D eigenvalue weighted by Gasteiger charge is 2.32. The van der Waals surface area contributed by atoms with Gasteiger partial charge in [0.1, 0.15) is 11.9 Å². The molecule has 1 aromatic heterocycles. The van der Waals surface area contributed by atoms with Crippen LogP contribution in [0.3, 0.4) is 0 Å². The van der Waals surface area contributed by atoms with Gasteiger partial charge in [0, 0.05) is 42.6 Å². The van der Waals surface area contributed by atoms with Crippen molar-refractivity contribution in [1.82, 2.24) is 14.5 Å². The van der Waals surface area contributed by atoms with Gasteiger partial charge in [-0.25, -0.2) is 13.4 Å². The predicted molar refractivity (Wildman–Crippen MR) is 140 cm³/mol. The maximum atomic E-state index is 11.4. The fourth-order valence-electron chi connectivity index (χ4n) is 5.10. The first-order valence-electron chi connectivity index (χ1n) is 12.3. The predicted octanol–water partition coefficient (Wildman–Crippen LogP) is 4.63. The fraction of sp³-hybridized carbons (Fsp3) is 0.393. The van der Waals surface area contributed by atoms with Crippen molar-refractivity contribution in [3.05, 3.63) is 82.1 Å². The number of likely N-dealkylation sites (tertiary alicyclic amines) is 1. The van der Waals surface area contributed by atoms with Crippen molar-refractivity contribution in [2.75, 3.05) is 26.4 Å². The number of hydrogen-bond acceptors (Lipinski definition) is 5. The maximum Gasteiger partial charge on any atom is 0.168 e. The topological polar surface area (TPSA) is 64.4 Å². The molecular weight excluding hydrogens is 458 g/mol. The van der Waals surface area contributed by atoms with Gasteiger partial charge in [-0.05, 0) is 56.0 Å². The van der Waals surface area contributed by atoms with Gasteiger partial charge < -0.3 is 14.2 Å². The number of aryl methyl sites for hydroxylation is 1. The molecule has 0 saturated carbocycles. The number of nitrogens with zero attached hydrogens (tertiary/aromatic N) is 3. The van der Waals surface area contributed by atoms with Crippen molar-refractivity contribution >= 4 is 15.9 Å². The van der Waals surface area contributed by atoms with Crippen molar-refractivity contribution in [1.29, 1.82) is 0 Å². The Morgan fingerprint density at radius 3 is 2.46 bits per heavy atom. The van der Waals surface area contributed by atoms with Crippen LogP contribution in [-0.2, 0) is 27.5 Å². The lowest BCUT2D eigenvalue weighted by atomic mass is 9.99. The van der Waals surface area contributed by atoms with E-state index in [9.17, 15) is 8.42 Å². The summed E-state index contributed by atoms with van der Waals surface area (Å²) < 4.78 is 32.0. The lowest BCUT2D eigenvalue weighted by Gasteiger charge is -2.32. The Kier molecular flexibility index (Phi) is 6.66. The van der Waals surface area contributed by atoms with E-state index >= 15 is 0 Å². The summed E-state index contributed by atoms with van der Waals surface area (Å²) in [6.45, 7) is 5.11. The largest absolute Gasteiger partial charge is 0.362 e. The van der Waals surface area contributed by atoms with Crippen molar-refractivity contribution < 1.29 is 13.2 Å². The standard InChI is InChI=1S/C28H33N3O3S/c1-20-26(23-10-8-21(9-11-23)15-19-35(3,32)33)29-28-27(34-24-13-16-30(2)17-14-24)25-7-5-4-6-22(25)12-18-31(20)28/h4-11,15,19,24,27H,12-14,16-18H2,1-3H3/b19-15+. The van der Waals surface area contributed by atoms with E-state index in [-0.39, 0.29) is 12.2 Å². The molecule has 1 unspecified atom stereocenters. The second kappa shape index (κ2) is 9.72. The summed E-state index contributed by atoms with van der Waals surface area (Å²) in [5, 5.41) is 1.23. The third-order valence-electron chi connectivity index (χ3n) is 7.11. The molecular formula is C28H33N3O3S. The van der Waals surface area contributed by atoms with Crippen molar-refractivity contribution in [2.45, 2.75) is 44.9 Å². The Hall–Kier alpha value is -2.74. The molecule has 5 rings (SSSR count). The van der Waals surface area contributed by atoms with E-state index in [0.717, 1.165) is 67.2 Å². The third kappa shape index (κ3) is 5.27. The number of fused-ring (bicyclic) bond motifs is 2. The van der Waals surface area contributed by atoms with Gasteiger partial charge in [0.25, 0.3) is 0 Å². The van der Waals surface area contributed by atoms with Crippen LogP contribution in [0.25, 0.3) is 17.3 Å². The summed E-state index contributed by atoms with van der Waals surface area (Å²) in [7, 11) is -0.987. The molecule has 2 aromatic carbocycles. The lowest BCUT2D eigenvalue weighted by molar-refractivity contribution is -0.0276. The molecule has 6 nitrogen and oxygen atoms in total. The van der Waals surface area contributed by atoms with E-state index in [1.807, 2.05) is 24.3 Å². The molecule has 0 amide bonds. The summed E-state index contributed by atoms with van der Waals surface area (Å²) in [4.78, 5) is 7.53. The number of rotatable bonds is 5. The van der Waals surface area contributed by atoms with Crippen LogP contribution in [0, 0.1) is 6.92 Å². The van der Waals surface area contributed by atoms with Crippen LogP contribution in [0.4, 0.5) is 0 Å². The summed E-state index contributed by atoms with van der Waals surface area (Å²) >= 11 is 0. The van der Waals surface area contributed by atoms with Crippen molar-refractivity contribution in [2.24, 2.45) is 0 Å². The molecule has 2 aliphatic heterocycles. The van der Waals surface area contributed by atoms with Crippen molar-refractivity contribution in [3.8, 4) is 11.3 Å². The van der Waals surface area contributed by atoms with E-state index in [1.165, 1.54) is 22.8 Å². The molecule has 7 heteroatoms. The van der Waals surface area contributed by atoms with Crippen LogP contribution in [0.5, 0.6) is 0 Å². The summed E-state index contributed by atoms with van der Waals surface area (Å²) in [5.41, 5.74) is 6.50. The highest BCUT2D eigenvalue weighted by molar-refractivity contribution is 7.93. The van der Waals surface area contributed by atoms with Gasteiger partial charge in [-0.3, -0.25) is 0 Å². The highest BCUT2D eigenvalue weighted by atomic mass is 32.2. The molecule has 2 aliphatic rings. The van der Waals surface area contributed by atoms with Crippen molar-refractivity contribution in [3.63, 3.8) is 0 Å². The van der Waals surface area contributed by atoms with Crippen LogP contribution in [0.15, 0.2) is 53.9 Å². The van der Waals surface area contributed by atoms with Gasteiger partial charge in [-0.15, -0.1) is 0 Å². The number of ether oxygens (including phenoxy) is 1. The van der Waals surface area contributed by atoms with Crippen LogP contribution in [0.2, 0.25) is 0 Å². The smallest absolute Gasteiger partial charge is 0.168 e. The second-order valence-corrected chi connectivity index (χ2v) is 11.7. The number of sulfone groups is 1. The van der Waals surface area contributed by atoms with E-state index < -0.39 is 9.84 Å². The fourth-order valence-corrected chi connectivity index (χ4v) is 5.51. The minimum absolute atomic E-state index is 0.188. The van der Waals surface area contributed by atoms with Gasteiger partial charge in [0.05, 0.1) is 11.8 Å². The molecule has 1 fully saturated rings. The molecule has 0 N–H and O–H groups in total. The number of benzene rings is 2. The first-order chi connectivity index (χ1) is 16.8. The van der Waals surface area contributed by atoms with Crippen LogP contribution in [-0.4, -0.2) is 55.4 Å². The molecule has 184 valence electrons. The molecule has 1 saturated heterocycles. The Balaban J connectivity index is 1.50. The number of piperidine rings is 1. The molecule has 0 aliphatic carbocycles. The van der Waals surface area contributed by atoms with Crippen LogP contribution in [0.1, 0.15) is 47.2 Å². The lowest BCUT2D eigenvalue weighted by Crippen LogP contribution is -2.35. The Labute approximate surface area is 208 Å². The first-order valence-corrected chi connectivity index (χ1v) is 14.2. The number of aromatic nitrogens is 2. The molecule has 0 spiro atoms. The van der Waals surface area contributed by atoms with Gasteiger partial charge in [-0.2, -0.15) is 0 Å². The average molecular weight is 492 g/mol. The Bertz CT molecular complexity index is 1330. The summed E-state index contributed by atoms with van der Waals surface area (Å²) in [6, 6.07) is 16.5. The maximum absolute atomic E-state index is 11.4. The first kappa shape index (κ1) is 24.0. The van der Waals surface area contributed by atoms with E-state index in [0.29, 0.717) is 0 Å². The van der Waals surface area contributed by atoms with Crippen LogP contribution >= 0.6 is 0 Å². The van der Waals surface area contributed by atoms with Crippen LogP contribution < -0.4 is 0 Å². The molecule has 0 bridgehead atoms. The minimum Gasteiger partial charge on any atom is -0.362 e. The van der Waals surface area contributed by atoms with Gasteiger partial charge >= 0.3 is 0 Å². The molecule has 0 radical (unpaired) electrons. The Morgan fingerprint density at radius 2 is 1.74 bits per heavy atom. The van der Waals surface area contributed by atoms with E-state index in [1.54, 1.807) is 6.08 Å². The Morgan fingerprint density at radius 1 is 1.03 bits per heavy atom. The van der Waals surface area contributed by atoms with Gasteiger partial charge in [0.15, 0.2) is 9.84 Å². The zero-order valence-electron chi connectivity index (χ0n) is 20.6. The van der Waals surface area contributed by atoms with Gasteiger partial charge in [-0.1, -0.05) is 48.5 Å². The minimum atomic E-state index is -3.16. The summed E-state index contributed by atoms with van der Waals surface area (Å²) in [5.74, 6) is 0.974. The van der Waals surface area contributed by atoms with E-state index in [4.69, 9.17) is 9.72 Å². The van der Waals surface area contributed by atoms with E-state index in [2.05, 4.69) is 47.7 Å². The second-order valence-electron chi connectivity index (χ2n) is 9.78. The zero-order chi connectivity index (χ0) is 24.6. The third-order valence-corrected chi connectivity index (χ3v) is 7.74. The number of imidazole rings is 1. The normalized spacial score (nSPS) is 19.5. The highest BCUT2D eigenvalue weighted by Crippen LogP contribution is 2.37. The SMILES string of the molecule is Cc1c(-c2ccc(/C=C/S(C)(=O)=O)cc2)nc2n1CCc1ccccc1C2OC1CCN(C)CC1. The molecule has 1 atom stereocenters. The molecule has 3 heterocycles. The average Bonchev–Trinajstić information content (AvgIpc) is 3.08. The quantitative estimate of drug-likeness (QED) is 0.521. The molecule has 35 heavy (non-hydrogen) atoms. The number of hydrogen-bond donors (Lipinski definition) is 0. The summed E-state index contributed by atoms with van der Waals surface area (Å²) in [6.07, 6.45) is 5.86. The molecule has 3 aromatic rings.